The van der Waals surface area contributed by atoms with E-state index in [0.29, 0.717) is 11.0 Å². The summed E-state index contributed by atoms with van der Waals surface area (Å²) in [7, 11) is 0. The zero-order chi connectivity index (χ0) is 10.6. The lowest BCUT2D eigenvalue weighted by Gasteiger charge is -2.07. The van der Waals surface area contributed by atoms with Crippen LogP contribution in [0, 0.1) is 24.6 Å². The molecule has 14 heavy (non-hydrogen) atoms. The molecule has 1 nitrogen and oxygen atoms in total. The zero-order valence-electron chi connectivity index (χ0n) is 8.12. The highest BCUT2D eigenvalue weighted by Crippen LogP contribution is 2.23. The lowest BCUT2D eigenvalue weighted by Crippen LogP contribution is -2.01. The average Bonchev–Trinajstić information content (AvgIpc) is 2.14. The van der Waals surface area contributed by atoms with Crippen molar-refractivity contribution in [2.75, 3.05) is 11.9 Å². The van der Waals surface area contributed by atoms with Gasteiger partial charge in [-0.3, -0.25) is 0 Å². The predicted octanol–water partition coefficient (Wildman–Crippen LogP) is 3.33. The van der Waals surface area contributed by atoms with Gasteiger partial charge in [0.2, 0.25) is 0 Å². The minimum Gasteiger partial charge on any atom is -0.374 e. The van der Waals surface area contributed by atoms with E-state index in [1.165, 1.54) is 6.07 Å². The Kier molecular flexibility index (Phi) is 3.97. The van der Waals surface area contributed by atoms with Gasteiger partial charge in [-0.1, -0.05) is 5.92 Å². The van der Waals surface area contributed by atoms with Gasteiger partial charge in [-0.2, -0.15) is 0 Å². The maximum Gasteiger partial charge on any atom is 0.139 e. The summed E-state index contributed by atoms with van der Waals surface area (Å²) < 4.78 is 13.6. The van der Waals surface area contributed by atoms with E-state index in [9.17, 15) is 4.39 Å². The summed E-state index contributed by atoms with van der Waals surface area (Å²) in [4.78, 5) is 0. The molecule has 0 atom stereocenters. The van der Waals surface area contributed by atoms with Crippen molar-refractivity contribution in [1.82, 2.24) is 0 Å². The van der Waals surface area contributed by atoms with Crippen molar-refractivity contribution in [3.8, 4) is 11.8 Å². The third-order valence-electron chi connectivity index (χ3n) is 1.81. The first-order valence-corrected chi connectivity index (χ1v) is 5.03. The highest BCUT2D eigenvalue weighted by atomic mass is 79.9. The molecule has 0 unspecified atom stereocenters. The second-order valence-electron chi connectivity index (χ2n) is 2.86. The number of halogens is 2. The van der Waals surface area contributed by atoms with Crippen LogP contribution in [0.4, 0.5) is 10.1 Å². The topological polar surface area (TPSA) is 12.0 Å². The van der Waals surface area contributed by atoms with Crippen LogP contribution in [0.3, 0.4) is 0 Å². The van der Waals surface area contributed by atoms with Crippen LogP contribution in [-0.2, 0) is 0 Å². The van der Waals surface area contributed by atoms with Crippen molar-refractivity contribution in [3.63, 3.8) is 0 Å². The highest BCUT2D eigenvalue weighted by Gasteiger charge is 2.03. The number of aryl methyl sites for hydroxylation is 1. The number of benzene rings is 1. The Labute approximate surface area is 91.8 Å². The smallest absolute Gasteiger partial charge is 0.139 e. The SMILES string of the molecule is CC#CCNc1cc(F)c(Br)cc1C. The highest BCUT2D eigenvalue weighted by molar-refractivity contribution is 9.10. The third kappa shape index (κ3) is 2.74. The summed E-state index contributed by atoms with van der Waals surface area (Å²) in [5.41, 5.74) is 1.78. The summed E-state index contributed by atoms with van der Waals surface area (Å²) in [5.74, 6) is 5.37. The summed E-state index contributed by atoms with van der Waals surface area (Å²) in [6, 6.07) is 3.22. The Bertz CT molecular complexity index is 390. The van der Waals surface area contributed by atoms with Crippen LogP contribution in [0.25, 0.3) is 0 Å². The van der Waals surface area contributed by atoms with Gasteiger partial charge in [0.1, 0.15) is 5.82 Å². The van der Waals surface area contributed by atoms with Crippen molar-refractivity contribution < 1.29 is 4.39 Å². The van der Waals surface area contributed by atoms with Gasteiger partial charge in [-0.15, -0.1) is 5.92 Å². The van der Waals surface area contributed by atoms with Crippen LogP contribution in [0.15, 0.2) is 16.6 Å². The first kappa shape index (κ1) is 11.1. The van der Waals surface area contributed by atoms with Crippen LogP contribution < -0.4 is 5.32 Å². The van der Waals surface area contributed by atoms with Crippen LogP contribution >= 0.6 is 15.9 Å². The van der Waals surface area contributed by atoms with E-state index in [2.05, 4.69) is 33.1 Å². The predicted molar refractivity (Wildman–Crippen MR) is 60.8 cm³/mol. The number of rotatable bonds is 2. The second-order valence-corrected chi connectivity index (χ2v) is 3.72. The molecule has 0 saturated heterocycles. The maximum atomic E-state index is 13.1. The summed E-state index contributed by atoms with van der Waals surface area (Å²) in [6.07, 6.45) is 0. The molecule has 0 bridgehead atoms. The lowest BCUT2D eigenvalue weighted by molar-refractivity contribution is 0.621. The molecule has 0 radical (unpaired) electrons. The molecule has 0 spiro atoms. The largest absolute Gasteiger partial charge is 0.374 e. The van der Waals surface area contributed by atoms with E-state index >= 15 is 0 Å². The van der Waals surface area contributed by atoms with Gasteiger partial charge in [0.05, 0.1) is 11.0 Å². The third-order valence-corrected chi connectivity index (χ3v) is 2.42. The molecule has 0 aliphatic rings. The molecule has 1 aromatic rings. The Morgan fingerprint density at radius 2 is 2.21 bits per heavy atom. The summed E-state index contributed by atoms with van der Waals surface area (Å²) in [6.45, 7) is 4.24. The fraction of sp³-hybridized carbons (Fsp3) is 0.273. The molecule has 3 heteroatoms. The summed E-state index contributed by atoms with van der Waals surface area (Å²) >= 11 is 3.13. The van der Waals surface area contributed by atoms with Crippen LogP contribution in [-0.4, -0.2) is 6.54 Å². The van der Waals surface area contributed by atoms with Crippen LogP contribution in [0.5, 0.6) is 0 Å². The molecule has 0 aromatic heterocycles. The molecule has 0 heterocycles. The molecule has 0 fully saturated rings. The first-order valence-electron chi connectivity index (χ1n) is 4.24. The van der Waals surface area contributed by atoms with E-state index in [1.54, 1.807) is 13.0 Å². The Morgan fingerprint density at radius 3 is 2.86 bits per heavy atom. The van der Waals surface area contributed by atoms with Crippen molar-refractivity contribution >= 4 is 21.6 Å². The molecule has 0 aliphatic carbocycles. The number of nitrogens with one attached hydrogen (secondary N) is 1. The Balaban J connectivity index is 2.85. The number of hydrogen-bond donors (Lipinski definition) is 1. The van der Waals surface area contributed by atoms with Gasteiger partial charge < -0.3 is 5.32 Å². The average molecular weight is 256 g/mol. The Hall–Kier alpha value is -1.01. The van der Waals surface area contributed by atoms with E-state index in [4.69, 9.17) is 0 Å². The van der Waals surface area contributed by atoms with Crippen molar-refractivity contribution in [2.45, 2.75) is 13.8 Å². The second kappa shape index (κ2) is 5.02. The van der Waals surface area contributed by atoms with E-state index < -0.39 is 0 Å². The number of hydrogen-bond acceptors (Lipinski definition) is 1. The van der Waals surface area contributed by atoms with E-state index in [1.807, 2.05) is 6.92 Å². The van der Waals surface area contributed by atoms with Crippen LogP contribution in [0.2, 0.25) is 0 Å². The Morgan fingerprint density at radius 1 is 1.50 bits per heavy atom. The minimum absolute atomic E-state index is 0.262. The normalized spacial score (nSPS) is 9.14. The zero-order valence-corrected chi connectivity index (χ0v) is 9.70. The molecule has 1 N–H and O–H groups in total. The molecule has 1 aromatic carbocycles. The van der Waals surface area contributed by atoms with Crippen LogP contribution in [0.1, 0.15) is 12.5 Å². The van der Waals surface area contributed by atoms with Gasteiger partial charge in [-0.25, -0.2) is 4.39 Å². The molecular weight excluding hydrogens is 245 g/mol. The lowest BCUT2D eigenvalue weighted by atomic mass is 10.2. The van der Waals surface area contributed by atoms with Crippen molar-refractivity contribution in [1.29, 1.82) is 0 Å². The van der Waals surface area contributed by atoms with Crippen molar-refractivity contribution in [3.05, 3.63) is 28.0 Å². The van der Waals surface area contributed by atoms with Gasteiger partial charge >= 0.3 is 0 Å². The quantitative estimate of drug-likeness (QED) is 0.800. The van der Waals surface area contributed by atoms with Gasteiger partial charge in [0.25, 0.3) is 0 Å². The maximum absolute atomic E-state index is 13.1. The monoisotopic (exact) mass is 255 g/mol. The molecule has 1 rings (SSSR count). The molecule has 0 aliphatic heterocycles. The molecule has 0 saturated carbocycles. The molecular formula is C11H11BrFN. The standard InChI is InChI=1S/C11H11BrFN/c1-3-4-5-14-11-7-10(13)9(12)6-8(11)2/h6-7,14H,5H2,1-2H3. The van der Waals surface area contributed by atoms with Crippen molar-refractivity contribution in [2.24, 2.45) is 0 Å². The van der Waals surface area contributed by atoms with Gasteiger partial charge in [-0.05, 0) is 47.5 Å². The number of anilines is 1. The minimum atomic E-state index is -0.262. The summed E-state index contributed by atoms with van der Waals surface area (Å²) in [5, 5.41) is 3.05. The first-order chi connectivity index (χ1) is 6.65. The fourth-order valence-electron chi connectivity index (χ4n) is 1.06. The molecule has 0 amide bonds. The fourth-order valence-corrected chi connectivity index (χ4v) is 1.52. The molecule has 74 valence electrons. The van der Waals surface area contributed by atoms with Gasteiger partial charge in [0, 0.05) is 5.69 Å². The van der Waals surface area contributed by atoms with Gasteiger partial charge in [0.15, 0.2) is 0 Å². The van der Waals surface area contributed by atoms with E-state index in [0.717, 1.165) is 11.3 Å². The van der Waals surface area contributed by atoms with E-state index in [-0.39, 0.29) is 5.82 Å².